The van der Waals surface area contributed by atoms with E-state index in [2.05, 4.69) is 24.0 Å². The highest BCUT2D eigenvalue weighted by molar-refractivity contribution is 7.90. The van der Waals surface area contributed by atoms with Crippen LogP contribution >= 0.6 is 0 Å². The van der Waals surface area contributed by atoms with Crippen LogP contribution in [0.3, 0.4) is 0 Å². The zero-order chi connectivity index (χ0) is 29.6. The monoisotopic (exact) mass is 603 g/mol. The summed E-state index contributed by atoms with van der Waals surface area (Å²) in [6.07, 6.45) is 8.58. The Labute approximate surface area is 246 Å². The number of aryl methyl sites for hydroxylation is 1. The standard InChI is InChI=1S/C31H45N3O5S2/c1-4-25-6-10-29(11-7-25)34(31(35)28-16-22-33(23-17-28)41(3,38)39)19-5-18-32-20-14-27(15-21-32)24-26-8-12-30(13-9-26)40(2,36)37/h6-13,27-28H,4-5,14-24H2,1-3H3. The van der Waals surface area contributed by atoms with Crippen molar-refractivity contribution in [2.45, 2.75) is 56.8 Å². The summed E-state index contributed by atoms with van der Waals surface area (Å²) < 4.78 is 48.8. The third-order valence-electron chi connectivity index (χ3n) is 8.63. The fourth-order valence-corrected chi connectivity index (χ4v) is 7.51. The summed E-state index contributed by atoms with van der Waals surface area (Å²) in [5, 5.41) is 0. The number of hydrogen-bond acceptors (Lipinski definition) is 6. The molecule has 8 nitrogen and oxygen atoms in total. The van der Waals surface area contributed by atoms with Gasteiger partial charge in [0.25, 0.3) is 0 Å². The van der Waals surface area contributed by atoms with Gasteiger partial charge in [-0.3, -0.25) is 4.79 Å². The Morgan fingerprint density at radius 1 is 0.829 bits per heavy atom. The van der Waals surface area contributed by atoms with E-state index < -0.39 is 19.9 Å². The van der Waals surface area contributed by atoms with Crippen LogP contribution in [0.2, 0.25) is 0 Å². The van der Waals surface area contributed by atoms with Crippen LogP contribution in [0, 0.1) is 11.8 Å². The number of nitrogens with zero attached hydrogens (tertiary/aromatic N) is 3. The Morgan fingerprint density at radius 3 is 1.95 bits per heavy atom. The van der Waals surface area contributed by atoms with Crippen molar-refractivity contribution in [2.24, 2.45) is 11.8 Å². The molecule has 226 valence electrons. The zero-order valence-electron chi connectivity index (χ0n) is 24.7. The number of amides is 1. The Balaban J connectivity index is 1.29. The SMILES string of the molecule is CCc1ccc(N(CCCN2CCC(Cc3ccc(S(C)(=O)=O)cc3)CC2)C(=O)C2CCN(S(C)(=O)=O)CC2)cc1. The second kappa shape index (κ2) is 13.8. The molecule has 4 rings (SSSR count). The second-order valence-corrected chi connectivity index (χ2v) is 15.7. The first kappa shape index (κ1) is 31.7. The molecule has 0 N–H and O–H groups in total. The number of benzene rings is 2. The topological polar surface area (TPSA) is 95.1 Å². The maximum absolute atomic E-state index is 13.7. The lowest BCUT2D eigenvalue weighted by Crippen LogP contribution is -2.45. The lowest BCUT2D eigenvalue weighted by Gasteiger charge is -2.34. The molecule has 2 aliphatic rings. The zero-order valence-corrected chi connectivity index (χ0v) is 26.3. The Kier molecular flexibility index (Phi) is 10.7. The van der Waals surface area contributed by atoms with Crippen molar-refractivity contribution in [1.29, 1.82) is 0 Å². The number of carbonyl (C=O) groups excluding carboxylic acids is 1. The molecule has 2 aromatic carbocycles. The number of hydrogen-bond donors (Lipinski definition) is 0. The van der Waals surface area contributed by atoms with E-state index in [0.29, 0.717) is 43.3 Å². The molecule has 0 saturated carbocycles. The highest BCUT2D eigenvalue weighted by Gasteiger charge is 2.32. The maximum Gasteiger partial charge on any atom is 0.230 e. The molecular formula is C31H45N3O5S2. The fourth-order valence-electron chi connectivity index (χ4n) is 6.01. The van der Waals surface area contributed by atoms with E-state index in [1.165, 1.54) is 27.9 Å². The van der Waals surface area contributed by atoms with Gasteiger partial charge in [0.05, 0.1) is 11.2 Å². The molecule has 2 heterocycles. The third-order valence-corrected chi connectivity index (χ3v) is 11.1. The summed E-state index contributed by atoms with van der Waals surface area (Å²) in [5.74, 6) is 0.521. The van der Waals surface area contributed by atoms with Gasteiger partial charge >= 0.3 is 0 Å². The molecule has 2 saturated heterocycles. The Bertz CT molecular complexity index is 1360. The van der Waals surface area contributed by atoms with Crippen molar-refractivity contribution in [3.8, 4) is 0 Å². The number of anilines is 1. The van der Waals surface area contributed by atoms with Crippen molar-refractivity contribution in [3.63, 3.8) is 0 Å². The molecule has 0 atom stereocenters. The summed E-state index contributed by atoms with van der Waals surface area (Å²) >= 11 is 0. The predicted molar refractivity (Wildman–Crippen MR) is 164 cm³/mol. The molecule has 2 fully saturated rings. The van der Waals surface area contributed by atoms with Crippen molar-refractivity contribution in [3.05, 3.63) is 59.7 Å². The summed E-state index contributed by atoms with van der Waals surface area (Å²) in [6.45, 7) is 6.53. The first-order valence-electron chi connectivity index (χ1n) is 14.8. The van der Waals surface area contributed by atoms with Crippen molar-refractivity contribution in [2.75, 3.05) is 56.7 Å². The minimum atomic E-state index is -3.23. The minimum absolute atomic E-state index is 0.1000. The van der Waals surface area contributed by atoms with Crippen LogP contribution in [0.15, 0.2) is 53.4 Å². The van der Waals surface area contributed by atoms with Crippen LogP contribution in [0.5, 0.6) is 0 Å². The first-order valence-corrected chi connectivity index (χ1v) is 18.5. The molecule has 10 heteroatoms. The lowest BCUT2D eigenvalue weighted by molar-refractivity contribution is -0.123. The number of piperidine rings is 2. The van der Waals surface area contributed by atoms with Gasteiger partial charge < -0.3 is 9.80 Å². The van der Waals surface area contributed by atoms with Gasteiger partial charge in [-0.25, -0.2) is 21.1 Å². The number of sulfonamides is 1. The molecule has 0 aromatic heterocycles. The summed E-state index contributed by atoms with van der Waals surface area (Å²) in [4.78, 5) is 18.5. The van der Waals surface area contributed by atoms with Gasteiger partial charge in [0.1, 0.15) is 0 Å². The van der Waals surface area contributed by atoms with Gasteiger partial charge in [-0.2, -0.15) is 0 Å². The second-order valence-electron chi connectivity index (χ2n) is 11.7. The number of carbonyl (C=O) groups is 1. The number of sulfone groups is 1. The van der Waals surface area contributed by atoms with E-state index in [4.69, 9.17) is 0 Å². The number of rotatable bonds is 11. The van der Waals surface area contributed by atoms with Gasteiger partial charge in [-0.15, -0.1) is 0 Å². The average Bonchev–Trinajstić information content (AvgIpc) is 2.95. The molecule has 1 amide bonds. The maximum atomic E-state index is 13.7. The van der Waals surface area contributed by atoms with Gasteiger partial charge in [0, 0.05) is 37.5 Å². The highest BCUT2D eigenvalue weighted by atomic mass is 32.2. The van der Waals surface area contributed by atoms with Crippen molar-refractivity contribution in [1.82, 2.24) is 9.21 Å². The lowest BCUT2D eigenvalue weighted by atomic mass is 9.90. The largest absolute Gasteiger partial charge is 0.312 e. The van der Waals surface area contributed by atoms with Crippen LogP contribution in [0.25, 0.3) is 0 Å². The van der Waals surface area contributed by atoms with E-state index in [1.807, 2.05) is 29.2 Å². The smallest absolute Gasteiger partial charge is 0.230 e. The van der Waals surface area contributed by atoms with Gasteiger partial charge in [0.2, 0.25) is 15.9 Å². The third kappa shape index (κ3) is 8.86. The molecule has 41 heavy (non-hydrogen) atoms. The molecule has 0 bridgehead atoms. The van der Waals surface area contributed by atoms with Gasteiger partial charge in [0.15, 0.2) is 9.84 Å². The van der Waals surface area contributed by atoms with Gasteiger partial charge in [-0.1, -0.05) is 31.2 Å². The van der Waals surface area contributed by atoms with Crippen molar-refractivity contribution >= 4 is 31.5 Å². The summed E-state index contributed by atoms with van der Waals surface area (Å²) in [7, 11) is -6.40. The Hall–Kier alpha value is -2.27. The van der Waals surface area contributed by atoms with Crippen LogP contribution in [-0.2, 0) is 37.5 Å². The van der Waals surface area contributed by atoms with Crippen LogP contribution < -0.4 is 4.90 Å². The molecule has 2 aliphatic heterocycles. The summed E-state index contributed by atoms with van der Waals surface area (Å²) in [5.41, 5.74) is 3.33. The Morgan fingerprint density at radius 2 is 1.41 bits per heavy atom. The normalized spacial score (nSPS) is 18.4. The molecular weight excluding hydrogens is 558 g/mol. The molecule has 2 aromatic rings. The molecule has 0 aliphatic carbocycles. The first-order chi connectivity index (χ1) is 19.4. The van der Waals surface area contributed by atoms with Crippen molar-refractivity contribution < 1.29 is 21.6 Å². The van der Waals surface area contributed by atoms with Crippen LogP contribution in [0.1, 0.15) is 50.2 Å². The highest BCUT2D eigenvalue weighted by Crippen LogP contribution is 2.26. The van der Waals surface area contributed by atoms with Gasteiger partial charge in [-0.05, 0) is 106 Å². The van der Waals surface area contributed by atoms with E-state index in [1.54, 1.807) is 12.1 Å². The predicted octanol–water partition coefficient (Wildman–Crippen LogP) is 4.00. The molecule has 0 radical (unpaired) electrons. The van der Waals surface area contributed by atoms with E-state index in [0.717, 1.165) is 57.4 Å². The molecule has 0 unspecified atom stereocenters. The number of likely N-dealkylation sites (tertiary alicyclic amines) is 1. The van der Waals surface area contributed by atoms with Crippen LogP contribution in [0.4, 0.5) is 5.69 Å². The van der Waals surface area contributed by atoms with E-state index in [9.17, 15) is 21.6 Å². The average molecular weight is 604 g/mol. The fraction of sp³-hybridized carbons (Fsp3) is 0.581. The minimum Gasteiger partial charge on any atom is -0.312 e. The van der Waals surface area contributed by atoms with E-state index >= 15 is 0 Å². The van der Waals surface area contributed by atoms with Crippen LogP contribution in [-0.4, -0.2) is 83.7 Å². The summed E-state index contributed by atoms with van der Waals surface area (Å²) in [6, 6.07) is 15.5. The quantitative estimate of drug-likeness (QED) is 0.385. The molecule has 0 spiro atoms. The van der Waals surface area contributed by atoms with E-state index in [-0.39, 0.29) is 11.8 Å².